The van der Waals surface area contributed by atoms with E-state index in [4.69, 9.17) is 0 Å². The van der Waals surface area contributed by atoms with Crippen molar-refractivity contribution in [3.63, 3.8) is 0 Å². The van der Waals surface area contributed by atoms with Gasteiger partial charge in [0.15, 0.2) is 0 Å². The van der Waals surface area contributed by atoms with Gasteiger partial charge in [0.05, 0.1) is 5.52 Å². The van der Waals surface area contributed by atoms with Crippen LogP contribution in [0.4, 0.5) is 0 Å². The number of benzene rings is 2. The van der Waals surface area contributed by atoms with Gasteiger partial charge in [0, 0.05) is 16.5 Å². The highest BCUT2D eigenvalue weighted by Crippen LogP contribution is 2.32. The normalized spacial score (nSPS) is 11.3. The van der Waals surface area contributed by atoms with Gasteiger partial charge < -0.3 is 0 Å². The van der Waals surface area contributed by atoms with Crippen LogP contribution in [0.3, 0.4) is 0 Å². The molecule has 0 fully saturated rings. The number of fused-ring (bicyclic) bond motifs is 1. The number of nitrogens with zero attached hydrogens (tertiary/aromatic N) is 1. The van der Waals surface area contributed by atoms with Crippen molar-refractivity contribution in [1.29, 1.82) is 0 Å². The Morgan fingerprint density at radius 3 is 2.32 bits per heavy atom. The average molecular weight is 267 g/mol. The van der Waals surface area contributed by atoms with Crippen LogP contribution in [-0.2, 0) is 0 Å². The van der Waals surface area contributed by atoms with Crippen molar-refractivity contribution < 1.29 is 0 Å². The summed E-state index contributed by atoms with van der Waals surface area (Å²) in [5.41, 5.74) is 2.71. The fraction of sp³-hybridized carbons (Fsp3) is 0.176. The lowest BCUT2D eigenvalue weighted by molar-refractivity contribution is 0.874. The van der Waals surface area contributed by atoms with Gasteiger partial charge in [-0.05, 0) is 41.6 Å². The van der Waals surface area contributed by atoms with Gasteiger partial charge in [-0.2, -0.15) is 0 Å². The van der Waals surface area contributed by atoms with Gasteiger partial charge in [0.25, 0.3) is 0 Å². The third kappa shape index (κ3) is 2.41. The lowest BCUT2D eigenvalue weighted by Gasteiger charge is -2.03. The molecule has 0 spiro atoms. The van der Waals surface area contributed by atoms with E-state index >= 15 is 0 Å². The first kappa shape index (κ1) is 12.4. The van der Waals surface area contributed by atoms with Crippen LogP contribution in [0.15, 0.2) is 65.7 Å². The van der Waals surface area contributed by atoms with Gasteiger partial charge in [-0.3, -0.25) is 3.97 Å². The lowest BCUT2D eigenvalue weighted by Crippen LogP contribution is -1.85. The molecule has 1 heterocycles. The first-order chi connectivity index (χ1) is 9.25. The smallest absolute Gasteiger partial charge is 0.0597 e. The molecule has 96 valence electrons. The van der Waals surface area contributed by atoms with E-state index in [0.29, 0.717) is 5.92 Å². The Labute approximate surface area is 118 Å². The van der Waals surface area contributed by atoms with E-state index in [1.807, 2.05) is 0 Å². The SMILES string of the molecule is CC(C)c1cn(Sc2ccccc2)c2ccccc12. The van der Waals surface area contributed by atoms with Crippen LogP contribution in [0.1, 0.15) is 25.3 Å². The average Bonchev–Trinajstić information content (AvgIpc) is 2.79. The van der Waals surface area contributed by atoms with E-state index in [1.54, 1.807) is 11.9 Å². The minimum atomic E-state index is 0.544. The molecule has 0 saturated carbocycles. The summed E-state index contributed by atoms with van der Waals surface area (Å²) < 4.78 is 2.28. The largest absolute Gasteiger partial charge is 0.287 e. The minimum Gasteiger partial charge on any atom is -0.287 e. The zero-order valence-electron chi connectivity index (χ0n) is 11.2. The molecule has 0 radical (unpaired) electrons. The Morgan fingerprint density at radius 1 is 0.895 bits per heavy atom. The molecule has 2 aromatic carbocycles. The molecule has 3 rings (SSSR count). The van der Waals surface area contributed by atoms with Crippen LogP contribution < -0.4 is 0 Å². The van der Waals surface area contributed by atoms with Crippen molar-refractivity contribution in [2.75, 3.05) is 0 Å². The second-order valence-corrected chi connectivity index (χ2v) is 6.03. The van der Waals surface area contributed by atoms with E-state index in [1.165, 1.54) is 21.4 Å². The Kier molecular flexibility index (Phi) is 3.34. The molecule has 0 aliphatic carbocycles. The standard InChI is InChI=1S/C17H17NS/c1-13(2)16-12-18(17-11-7-6-10-15(16)17)19-14-8-4-3-5-9-14/h3-13H,1-2H3. The number of aromatic nitrogens is 1. The molecule has 1 nitrogen and oxygen atoms in total. The quantitative estimate of drug-likeness (QED) is 0.621. The second-order valence-electron chi connectivity index (χ2n) is 4.99. The fourth-order valence-electron chi connectivity index (χ4n) is 2.31. The Morgan fingerprint density at radius 2 is 1.58 bits per heavy atom. The summed E-state index contributed by atoms with van der Waals surface area (Å²) in [4.78, 5) is 1.26. The molecular weight excluding hydrogens is 250 g/mol. The second kappa shape index (κ2) is 5.14. The maximum Gasteiger partial charge on any atom is 0.0597 e. The van der Waals surface area contributed by atoms with Crippen LogP contribution in [0.5, 0.6) is 0 Å². The van der Waals surface area contributed by atoms with Crippen LogP contribution in [0, 0.1) is 0 Å². The number of hydrogen-bond acceptors (Lipinski definition) is 1. The third-order valence-corrected chi connectivity index (χ3v) is 4.26. The van der Waals surface area contributed by atoms with Gasteiger partial charge in [-0.1, -0.05) is 50.2 Å². The molecule has 0 aliphatic rings. The van der Waals surface area contributed by atoms with Crippen LogP contribution >= 0.6 is 11.9 Å². The van der Waals surface area contributed by atoms with Gasteiger partial charge >= 0.3 is 0 Å². The molecule has 0 aliphatic heterocycles. The van der Waals surface area contributed by atoms with Crippen molar-refractivity contribution in [2.45, 2.75) is 24.7 Å². The molecule has 0 unspecified atom stereocenters. The van der Waals surface area contributed by atoms with E-state index < -0.39 is 0 Å². The molecule has 19 heavy (non-hydrogen) atoms. The minimum absolute atomic E-state index is 0.544. The Bertz CT molecular complexity index is 683. The molecule has 0 N–H and O–H groups in total. The molecular formula is C17H17NS. The van der Waals surface area contributed by atoms with Crippen LogP contribution in [-0.4, -0.2) is 3.97 Å². The summed E-state index contributed by atoms with van der Waals surface area (Å²) in [6, 6.07) is 19.1. The van der Waals surface area contributed by atoms with Gasteiger partial charge in [0.1, 0.15) is 0 Å². The molecule has 0 bridgehead atoms. The van der Waals surface area contributed by atoms with Gasteiger partial charge in [-0.25, -0.2) is 0 Å². The fourth-order valence-corrected chi connectivity index (χ4v) is 3.24. The molecule has 0 amide bonds. The van der Waals surface area contributed by atoms with Gasteiger partial charge in [-0.15, -0.1) is 0 Å². The maximum atomic E-state index is 2.28. The first-order valence-corrected chi connectivity index (χ1v) is 7.36. The zero-order valence-corrected chi connectivity index (χ0v) is 12.0. The van der Waals surface area contributed by atoms with E-state index in [-0.39, 0.29) is 0 Å². The van der Waals surface area contributed by atoms with E-state index in [9.17, 15) is 0 Å². The summed E-state index contributed by atoms with van der Waals surface area (Å²) in [7, 11) is 0. The number of hydrogen-bond donors (Lipinski definition) is 0. The molecule has 1 aromatic heterocycles. The monoisotopic (exact) mass is 267 g/mol. The topological polar surface area (TPSA) is 4.93 Å². The lowest BCUT2D eigenvalue weighted by atomic mass is 10.0. The van der Waals surface area contributed by atoms with Crippen molar-refractivity contribution in [3.8, 4) is 0 Å². The predicted octanol–water partition coefficient (Wildman–Crippen LogP) is 5.32. The summed E-state index contributed by atoms with van der Waals surface area (Å²) in [5, 5.41) is 1.36. The molecule has 2 heteroatoms. The van der Waals surface area contributed by atoms with Gasteiger partial charge in [0.2, 0.25) is 0 Å². The zero-order chi connectivity index (χ0) is 13.2. The van der Waals surface area contributed by atoms with Crippen molar-refractivity contribution in [3.05, 3.63) is 66.4 Å². The van der Waals surface area contributed by atoms with Crippen LogP contribution in [0.2, 0.25) is 0 Å². The summed E-state index contributed by atoms with van der Waals surface area (Å²) in [5.74, 6) is 0.544. The summed E-state index contributed by atoms with van der Waals surface area (Å²) >= 11 is 1.77. The number of rotatable bonds is 3. The Hall–Kier alpha value is -1.67. The highest BCUT2D eigenvalue weighted by molar-refractivity contribution is 7.98. The maximum absolute atomic E-state index is 2.28. The molecule has 0 saturated heterocycles. The third-order valence-electron chi connectivity index (χ3n) is 3.28. The van der Waals surface area contributed by atoms with Crippen LogP contribution in [0.25, 0.3) is 10.9 Å². The first-order valence-electron chi connectivity index (χ1n) is 6.59. The van der Waals surface area contributed by atoms with Crippen molar-refractivity contribution in [2.24, 2.45) is 0 Å². The van der Waals surface area contributed by atoms with E-state index in [0.717, 1.165) is 0 Å². The predicted molar refractivity (Wildman–Crippen MR) is 83.7 cm³/mol. The van der Waals surface area contributed by atoms with Crippen molar-refractivity contribution in [1.82, 2.24) is 3.97 Å². The highest BCUT2D eigenvalue weighted by atomic mass is 32.2. The summed E-state index contributed by atoms with van der Waals surface area (Å²) in [6.45, 7) is 4.50. The summed E-state index contributed by atoms with van der Waals surface area (Å²) in [6.07, 6.45) is 2.27. The Balaban J connectivity index is 2.09. The highest BCUT2D eigenvalue weighted by Gasteiger charge is 2.11. The van der Waals surface area contributed by atoms with E-state index in [2.05, 4.69) is 78.6 Å². The molecule has 0 atom stereocenters. The number of para-hydroxylation sites is 1. The van der Waals surface area contributed by atoms with Crippen molar-refractivity contribution >= 4 is 22.9 Å². The molecule has 3 aromatic rings.